The highest BCUT2D eigenvalue weighted by atomic mass is 35.5. The van der Waals surface area contributed by atoms with Gasteiger partial charge < -0.3 is 20.1 Å². The fourth-order valence-corrected chi connectivity index (χ4v) is 4.85. The van der Waals surface area contributed by atoms with Crippen LogP contribution in [0.5, 0.6) is 11.5 Å². The Kier molecular flexibility index (Phi) is 7.52. The van der Waals surface area contributed by atoms with Gasteiger partial charge in [-0.2, -0.15) is 0 Å². The van der Waals surface area contributed by atoms with E-state index in [-0.39, 0.29) is 24.8 Å². The summed E-state index contributed by atoms with van der Waals surface area (Å²) in [6, 6.07) is 24.2. The molecule has 2 atom stereocenters. The summed E-state index contributed by atoms with van der Waals surface area (Å²) in [4.78, 5) is 15.5. The fraction of sp³-hybridized carbons (Fsp3) is 0.321. The number of amides is 1. The van der Waals surface area contributed by atoms with Crippen LogP contribution in [-0.4, -0.2) is 42.8 Å². The Morgan fingerprint density at radius 2 is 1.71 bits per heavy atom. The molecule has 5 rings (SSSR count). The molecule has 1 fully saturated rings. The van der Waals surface area contributed by atoms with E-state index in [1.807, 2.05) is 48.5 Å². The van der Waals surface area contributed by atoms with Crippen LogP contribution in [0.25, 0.3) is 0 Å². The quantitative estimate of drug-likeness (QED) is 0.470. The maximum absolute atomic E-state index is 13.3. The highest BCUT2D eigenvalue weighted by molar-refractivity contribution is 6.30. The van der Waals surface area contributed by atoms with Crippen molar-refractivity contribution in [1.29, 1.82) is 0 Å². The lowest BCUT2D eigenvalue weighted by Gasteiger charge is -2.23. The van der Waals surface area contributed by atoms with Crippen molar-refractivity contribution >= 4 is 17.5 Å². The molecule has 7 heteroatoms. The number of hydrogen-bond donors (Lipinski definition) is 2. The molecule has 2 aliphatic rings. The van der Waals surface area contributed by atoms with Crippen molar-refractivity contribution in [3.05, 3.63) is 94.5 Å². The first-order chi connectivity index (χ1) is 17.1. The molecule has 2 heterocycles. The second kappa shape index (κ2) is 11.1. The van der Waals surface area contributed by atoms with Gasteiger partial charge in [-0.3, -0.25) is 9.69 Å². The smallest absolute Gasteiger partial charge is 0.237 e. The van der Waals surface area contributed by atoms with Gasteiger partial charge in [0.1, 0.15) is 0 Å². The van der Waals surface area contributed by atoms with Gasteiger partial charge in [0.2, 0.25) is 12.7 Å². The van der Waals surface area contributed by atoms with Crippen molar-refractivity contribution in [2.75, 3.05) is 19.9 Å². The predicted molar refractivity (Wildman–Crippen MR) is 137 cm³/mol. The Hall–Kier alpha value is -3.06. The molecule has 3 aromatic carbocycles. The van der Waals surface area contributed by atoms with Gasteiger partial charge in [-0.25, -0.2) is 0 Å². The van der Waals surface area contributed by atoms with E-state index in [0.717, 1.165) is 53.6 Å². The summed E-state index contributed by atoms with van der Waals surface area (Å²) < 4.78 is 10.8. The van der Waals surface area contributed by atoms with Crippen LogP contribution in [-0.2, 0) is 24.3 Å². The SMILES string of the molecule is O=C(NCCc1ccc2c(c1)OCO2)[C@@H]1C[C@H](NCc2ccccc2)CN1Cc1ccc(Cl)cc1. The Bertz CT molecular complexity index is 1140. The van der Waals surface area contributed by atoms with Crippen molar-refractivity contribution in [2.45, 2.75) is 38.0 Å². The number of likely N-dealkylation sites (tertiary alicyclic amines) is 1. The van der Waals surface area contributed by atoms with Gasteiger partial charge >= 0.3 is 0 Å². The van der Waals surface area contributed by atoms with Gasteiger partial charge in [-0.1, -0.05) is 60.1 Å². The zero-order valence-electron chi connectivity index (χ0n) is 19.6. The molecule has 3 aromatic rings. The van der Waals surface area contributed by atoms with Crippen LogP contribution in [0.4, 0.5) is 0 Å². The second-order valence-electron chi connectivity index (χ2n) is 9.10. The van der Waals surface area contributed by atoms with Gasteiger partial charge in [0.05, 0.1) is 6.04 Å². The molecule has 0 bridgehead atoms. The number of nitrogens with zero attached hydrogens (tertiary/aromatic N) is 1. The number of hydrogen-bond acceptors (Lipinski definition) is 5. The summed E-state index contributed by atoms with van der Waals surface area (Å²) in [6.45, 7) is 3.15. The number of fused-ring (bicyclic) bond motifs is 1. The van der Waals surface area contributed by atoms with Gasteiger partial charge in [0.15, 0.2) is 11.5 Å². The first-order valence-electron chi connectivity index (χ1n) is 12.1. The fourth-order valence-electron chi connectivity index (χ4n) is 4.73. The normalized spacial score (nSPS) is 19.1. The maximum atomic E-state index is 13.3. The van der Waals surface area contributed by atoms with Crippen molar-refractivity contribution in [3.8, 4) is 11.5 Å². The minimum atomic E-state index is -0.185. The molecule has 182 valence electrons. The topological polar surface area (TPSA) is 62.8 Å². The molecule has 2 aliphatic heterocycles. The number of carbonyl (C=O) groups excluding carboxylic acids is 1. The van der Waals surface area contributed by atoms with Gasteiger partial charge in [-0.15, -0.1) is 0 Å². The summed E-state index contributed by atoms with van der Waals surface area (Å²) in [5, 5.41) is 7.52. The third kappa shape index (κ3) is 6.14. The Morgan fingerprint density at radius 3 is 2.54 bits per heavy atom. The minimum absolute atomic E-state index is 0.0729. The molecular weight excluding hydrogens is 462 g/mol. The highest BCUT2D eigenvalue weighted by Crippen LogP contribution is 2.32. The van der Waals surface area contributed by atoms with Crippen LogP contribution in [0.1, 0.15) is 23.1 Å². The van der Waals surface area contributed by atoms with Crippen molar-refractivity contribution < 1.29 is 14.3 Å². The second-order valence-corrected chi connectivity index (χ2v) is 9.54. The third-order valence-corrected chi connectivity index (χ3v) is 6.84. The van der Waals surface area contributed by atoms with Gasteiger partial charge in [0, 0.05) is 37.2 Å². The molecule has 0 saturated carbocycles. The summed E-state index contributed by atoms with van der Waals surface area (Å²) in [7, 11) is 0. The lowest BCUT2D eigenvalue weighted by Crippen LogP contribution is -2.43. The summed E-state index contributed by atoms with van der Waals surface area (Å²) >= 11 is 6.07. The van der Waals surface area contributed by atoms with Gasteiger partial charge in [0.25, 0.3) is 0 Å². The largest absolute Gasteiger partial charge is 0.454 e. The highest BCUT2D eigenvalue weighted by Gasteiger charge is 2.36. The molecule has 1 saturated heterocycles. The zero-order chi connectivity index (χ0) is 24.0. The molecule has 2 N–H and O–H groups in total. The number of carbonyl (C=O) groups is 1. The zero-order valence-corrected chi connectivity index (χ0v) is 20.3. The van der Waals surface area contributed by atoms with E-state index >= 15 is 0 Å². The van der Waals surface area contributed by atoms with E-state index in [1.54, 1.807) is 0 Å². The summed E-state index contributed by atoms with van der Waals surface area (Å²) in [5.74, 6) is 1.62. The monoisotopic (exact) mass is 491 g/mol. The molecule has 0 aromatic heterocycles. The van der Waals surface area contributed by atoms with E-state index in [0.29, 0.717) is 13.1 Å². The van der Waals surface area contributed by atoms with E-state index < -0.39 is 0 Å². The van der Waals surface area contributed by atoms with Crippen molar-refractivity contribution in [2.24, 2.45) is 0 Å². The van der Waals surface area contributed by atoms with Crippen LogP contribution in [0.3, 0.4) is 0 Å². The van der Waals surface area contributed by atoms with Gasteiger partial charge in [-0.05, 0) is 53.8 Å². The van der Waals surface area contributed by atoms with Crippen molar-refractivity contribution in [1.82, 2.24) is 15.5 Å². The molecule has 0 unspecified atom stereocenters. The summed E-state index contributed by atoms with van der Waals surface area (Å²) in [6.07, 6.45) is 1.51. The standard InChI is InChI=1S/C28H30ClN3O3/c29-23-9-6-22(7-10-23)17-32-18-24(31-16-21-4-2-1-3-5-21)15-25(32)28(33)30-13-12-20-8-11-26-27(14-20)35-19-34-26/h1-11,14,24-25,31H,12-13,15-19H2,(H,30,33)/t24-,25-/m0/s1. The number of rotatable bonds is 9. The van der Waals surface area contributed by atoms with Crippen LogP contribution < -0.4 is 20.1 Å². The van der Waals surface area contributed by atoms with Crippen LogP contribution in [0.2, 0.25) is 5.02 Å². The van der Waals surface area contributed by atoms with E-state index in [1.165, 1.54) is 5.56 Å². The molecule has 0 aliphatic carbocycles. The average Bonchev–Trinajstić information content (AvgIpc) is 3.51. The first-order valence-corrected chi connectivity index (χ1v) is 12.4. The number of benzene rings is 3. The molecule has 0 radical (unpaired) electrons. The molecule has 1 amide bonds. The Labute approximate surface area is 211 Å². The van der Waals surface area contributed by atoms with E-state index in [2.05, 4.69) is 39.8 Å². The molecule has 6 nitrogen and oxygen atoms in total. The van der Waals surface area contributed by atoms with Crippen molar-refractivity contribution in [3.63, 3.8) is 0 Å². The average molecular weight is 492 g/mol. The lowest BCUT2D eigenvalue weighted by molar-refractivity contribution is -0.125. The van der Waals surface area contributed by atoms with E-state index in [9.17, 15) is 4.79 Å². The van der Waals surface area contributed by atoms with E-state index in [4.69, 9.17) is 21.1 Å². The predicted octanol–water partition coefficient (Wildman–Crippen LogP) is 4.16. The molecular formula is C28H30ClN3O3. The number of ether oxygens (including phenoxy) is 2. The molecule has 0 spiro atoms. The van der Waals surface area contributed by atoms with Crippen LogP contribution in [0, 0.1) is 0 Å². The minimum Gasteiger partial charge on any atom is -0.454 e. The maximum Gasteiger partial charge on any atom is 0.237 e. The lowest BCUT2D eigenvalue weighted by atomic mass is 10.1. The Morgan fingerprint density at radius 1 is 0.943 bits per heavy atom. The molecule has 35 heavy (non-hydrogen) atoms. The number of nitrogens with one attached hydrogen (secondary N) is 2. The third-order valence-electron chi connectivity index (χ3n) is 6.59. The van der Waals surface area contributed by atoms with Crippen LogP contribution >= 0.6 is 11.6 Å². The number of halogens is 1. The first kappa shape index (κ1) is 23.7. The Balaban J connectivity index is 1.19. The van der Waals surface area contributed by atoms with Crippen LogP contribution in [0.15, 0.2) is 72.8 Å². The summed E-state index contributed by atoms with van der Waals surface area (Å²) in [5.41, 5.74) is 3.51.